The van der Waals surface area contributed by atoms with Crippen LogP contribution >= 0.6 is 11.3 Å². The van der Waals surface area contributed by atoms with Gasteiger partial charge in [-0.3, -0.25) is 14.4 Å². The maximum Gasteiger partial charge on any atom is 0.323 e. The van der Waals surface area contributed by atoms with Gasteiger partial charge in [0.2, 0.25) is 0 Å². The lowest BCUT2D eigenvalue weighted by atomic mass is 9.93. The average molecular weight is 614 g/mol. The fraction of sp³-hybridized carbons (Fsp3) is 0.353. The summed E-state index contributed by atoms with van der Waals surface area (Å²) in [5.74, 6) is 0.414. The molecule has 6 rings (SSSR count). The highest BCUT2D eigenvalue weighted by Crippen LogP contribution is 2.42. The number of esters is 1. The van der Waals surface area contributed by atoms with Gasteiger partial charge >= 0.3 is 12.0 Å². The standard InChI is InChI=1S/C30H29N5O3S.C4H10O/c1-5-38-25(36)16-21-18(3)14-23-27(26(21)19-8-6-17(2)7-9-19)39-29(32-23)20-10-11-24-22(15-20)28(33-34(24)4)35-13-12-31-30(35)37;1-4(2,3)5/h6-11,14-15H,5,12-13,16H2,1-4H3,(H,31,37);5H,1-3H3. The summed E-state index contributed by atoms with van der Waals surface area (Å²) in [5, 5.41) is 17.8. The third-order valence-electron chi connectivity index (χ3n) is 7.17. The molecule has 2 aromatic heterocycles. The van der Waals surface area contributed by atoms with E-state index in [0.29, 0.717) is 25.5 Å². The van der Waals surface area contributed by atoms with Gasteiger partial charge in [0, 0.05) is 36.7 Å². The molecule has 0 radical (unpaired) electrons. The molecule has 0 bridgehead atoms. The van der Waals surface area contributed by atoms with Crippen molar-refractivity contribution in [1.29, 1.82) is 0 Å². The fourth-order valence-corrected chi connectivity index (χ4v) is 6.36. The number of carbonyl (C=O) groups is 2. The number of aliphatic hydroxyl groups is 1. The number of anilines is 1. The Labute approximate surface area is 261 Å². The minimum Gasteiger partial charge on any atom is -0.466 e. The van der Waals surface area contributed by atoms with Crippen molar-refractivity contribution in [2.24, 2.45) is 7.05 Å². The molecule has 0 saturated carbocycles. The molecule has 1 saturated heterocycles. The molecule has 1 aliphatic rings. The molecule has 3 aromatic carbocycles. The normalized spacial score (nSPS) is 13.3. The number of thiazole rings is 1. The number of benzene rings is 3. The van der Waals surface area contributed by atoms with Crippen LogP contribution in [0.2, 0.25) is 0 Å². The highest BCUT2D eigenvalue weighted by molar-refractivity contribution is 7.22. The van der Waals surface area contributed by atoms with Crippen molar-refractivity contribution in [1.82, 2.24) is 20.1 Å². The lowest BCUT2D eigenvalue weighted by Crippen LogP contribution is -2.28. The molecule has 2 N–H and O–H groups in total. The Morgan fingerprint density at radius 2 is 1.77 bits per heavy atom. The van der Waals surface area contributed by atoms with Gasteiger partial charge in [0.1, 0.15) is 5.01 Å². The molecule has 230 valence electrons. The molecule has 1 fully saturated rings. The van der Waals surface area contributed by atoms with E-state index in [4.69, 9.17) is 14.8 Å². The van der Waals surface area contributed by atoms with Crippen LogP contribution in [0.25, 0.3) is 42.8 Å². The highest BCUT2D eigenvalue weighted by Gasteiger charge is 2.27. The average Bonchev–Trinajstić information content (AvgIpc) is 3.65. The van der Waals surface area contributed by atoms with E-state index < -0.39 is 5.60 Å². The minimum absolute atomic E-state index is 0.132. The van der Waals surface area contributed by atoms with Crippen molar-refractivity contribution in [2.45, 2.75) is 53.6 Å². The number of hydrogen-bond acceptors (Lipinski definition) is 7. The molecular formula is C34H39N5O4S. The first-order chi connectivity index (χ1) is 20.8. The van der Waals surface area contributed by atoms with Crippen LogP contribution in [-0.4, -0.2) is 57.2 Å². The zero-order valence-corrected chi connectivity index (χ0v) is 27.1. The van der Waals surface area contributed by atoms with Crippen molar-refractivity contribution < 1.29 is 19.4 Å². The topological polar surface area (TPSA) is 110 Å². The predicted molar refractivity (Wildman–Crippen MR) is 177 cm³/mol. The maximum atomic E-state index is 12.6. The van der Waals surface area contributed by atoms with Gasteiger partial charge in [-0.15, -0.1) is 11.3 Å². The Morgan fingerprint density at radius 3 is 2.41 bits per heavy atom. The molecule has 10 heteroatoms. The largest absolute Gasteiger partial charge is 0.466 e. The number of aryl methyl sites for hydroxylation is 3. The van der Waals surface area contributed by atoms with Crippen molar-refractivity contribution in [3.05, 3.63) is 65.2 Å². The van der Waals surface area contributed by atoms with E-state index in [1.165, 1.54) is 5.56 Å². The van der Waals surface area contributed by atoms with E-state index in [1.807, 2.05) is 33.0 Å². The molecule has 3 heterocycles. The zero-order chi connectivity index (χ0) is 31.8. The number of carbonyl (C=O) groups excluding carboxylic acids is 2. The number of amides is 2. The Hall–Kier alpha value is -4.28. The summed E-state index contributed by atoms with van der Waals surface area (Å²) in [6.45, 7) is 12.7. The highest BCUT2D eigenvalue weighted by atomic mass is 32.1. The quantitative estimate of drug-likeness (QED) is 0.210. The van der Waals surface area contributed by atoms with Crippen molar-refractivity contribution in [2.75, 3.05) is 24.6 Å². The number of nitrogens with one attached hydrogen (secondary N) is 1. The van der Waals surface area contributed by atoms with Crippen LogP contribution in [0, 0.1) is 13.8 Å². The Kier molecular flexibility index (Phi) is 8.76. The van der Waals surface area contributed by atoms with Gasteiger partial charge in [0.15, 0.2) is 5.82 Å². The smallest absolute Gasteiger partial charge is 0.323 e. The van der Waals surface area contributed by atoms with Crippen LogP contribution in [0.15, 0.2) is 48.5 Å². The molecular weight excluding hydrogens is 574 g/mol. The number of nitrogens with zero attached hydrogens (tertiary/aromatic N) is 4. The van der Waals surface area contributed by atoms with Gasteiger partial charge in [-0.05, 0) is 82.5 Å². The summed E-state index contributed by atoms with van der Waals surface area (Å²) >= 11 is 1.61. The molecule has 44 heavy (non-hydrogen) atoms. The van der Waals surface area contributed by atoms with Crippen molar-refractivity contribution in [3.8, 4) is 21.7 Å². The summed E-state index contributed by atoms with van der Waals surface area (Å²) in [4.78, 5) is 31.7. The summed E-state index contributed by atoms with van der Waals surface area (Å²) < 4.78 is 8.15. The Bertz CT molecular complexity index is 1840. The van der Waals surface area contributed by atoms with Gasteiger partial charge < -0.3 is 15.2 Å². The van der Waals surface area contributed by atoms with Crippen LogP contribution in [0.4, 0.5) is 10.6 Å². The second-order valence-electron chi connectivity index (χ2n) is 12.0. The molecule has 0 unspecified atom stereocenters. The number of fused-ring (bicyclic) bond motifs is 2. The van der Waals surface area contributed by atoms with E-state index in [-0.39, 0.29) is 18.4 Å². The Morgan fingerprint density at radius 1 is 1.09 bits per heavy atom. The second kappa shape index (κ2) is 12.4. The molecule has 0 atom stereocenters. The lowest BCUT2D eigenvalue weighted by molar-refractivity contribution is -0.142. The lowest BCUT2D eigenvalue weighted by Gasteiger charge is -2.14. The number of aromatic nitrogens is 3. The SMILES string of the molecule is CC(C)(C)O.CCOC(=O)Cc1c(C)cc2nc(-c3ccc4c(c3)c(N3CCNC3=O)nn4C)sc2c1-c1ccc(C)cc1. The molecule has 2 amide bonds. The van der Waals surface area contributed by atoms with Gasteiger partial charge in [0.05, 0.1) is 34.4 Å². The van der Waals surface area contributed by atoms with Crippen LogP contribution in [0.3, 0.4) is 0 Å². The monoisotopic (exact) mass is 613 g/mol. The third-order valence-corrected chi connectivity index (χ3v) is 8.31. The third kappa shape index (κ3) is 6.61. The van der Waals surface area contributed by atoms with Crippen molar-refractivity contribution in [3.63, 3.8) is 0 Å². The second-order valence-corrected chi connectivity index (χ2v) is 13.0. The number of hydrogen-bond donors (Lipinski definition) is 2. The number of urea groups is 1. The summed E-state index contributed by atoms with van der Waals surface area (Å²) in [7, 11) is 1.89. The number of rotatable bonds is 6. The molecule has 0 aliphatic carbocycles. The first-order valence-electron chi connectivity index (χ1n) is 14.7. The minimum atomic E-state index is -0.500. The predicted octanol–water partition coefficient (Wildman–Crippen LogP) is 6.55. The molecule has 0 spiro atoms. The Balaban J connectivity index is 0.000000712. The van der Waals surface area contributed by atoms with Crippen molar-refractivity contribution >= 4 is 50.3 Å². The first-order valence-corrected chi connectivity index (χ1v) is 15.6. The van der Waals surface area contributed by atoms with E-state index in [1.54, 1.807) is 41.7 Å². The van der Waals surface area contributed by atoms with Gasteiger partial charge in [-0.2, -0.15) is 5.10 Å². The first kappa shape index (κ1) is 31.2. The van der Waals surface area contributed by atoms with E-state index in [0.717, 1.165) is 53.9 Å². The van der Waals surface area contributed by atoms with Gasteiger partial charge in [0.25, 0.3) is 0 Å². The fourth-order valence-electron chi connectivity index (χ4n) is 5.22. The van der Waals surface area contributed by atoms with Crippen LogP contribution in [0.1, 0.15) is 44.4 Å². The van der Waals surface area contributed by atoms with E-state index in [2.05, 4.69) is 53.7 Å². The van der Waals surface area contributed by atoms with Gasteiger partial charge in [-0.25, -0.2) is 9.78 Å². The number of ether oxygens (including phenoxy) is 1. The van der Waals surface area contributed by atoms with E-state index in [9.17, 15) is 9.59 Å². The van der Waals surface area contributed by atoms with Gasteiger partial charge in [-0.1, -0.05) is 29.8 Å². The van der Waals surface area contributed by atoms with E-state index >= 15 is 0 Å². The zero-order valence-electron chi connectivity index (χ0n) is 26.3. The van der Waals surface area contributed by atoms with Crippen LogP contribution in [-0.2, 0) is 23.0 Å². The molecule has 9 nitrogen and oxygen atoms in total. The maximum absolute atomic E-state index is 12.6. The molecule has 1 aliphatic heterocycles. The van der Waals surface area contributed by atoms with Crippen LogP contribution < -0.4 is 10.2 Å². The summed E-state index contributed by atoms with van der Waals surface area (Å²) in [5.41, 5.74) is 7.51. The molecule has 5 aromatic rings. The summed E-state index contributed by atoms with van der Waals surface area (Å²) in [6, 6.07) is 16.5. The summed E-state index contributed by atoms with van der Waals surface area (Å²) in [6.07, 6.45) is 0.203. The van der Waals surface area contributed by atoms with Crippen LogP contribution in [0.5, 0.6) is 0 Å².